The minimum Gasteiger partial charge on any atom is -0.372 e. The Labute approximate surface area is 188 Å². The van der Waals surface area contributed by atoms with Crippen molar-refractivity contribution in [2.75, 3.05) is 23.3 Å². The molecule has 0 unspecified atom stereocenters. The van der Waals surface area contributed by atoms with Crippen LogP contribution in [-0.2, 0) is 17.5 Å². The molecule has 0 saturated carbocycles. The van der Waals surface area contributed by atoms with Crippen LogP contribution in [0, 0.1) is 0 Å². The Morgan fingerprint density at radius 1 is 0.939 bits per heavy atom. The summed E-state index contributed by atoms with van der Waals surface area (Å²) in [5.41, 5.74) is 0.529. The van der Waals surface area contributed by atoms with Gasteiger partial charge in [0.2, 0.25) is 5.91 Å². The molecule has 1 aromatic heterocycles. The van der Waals surface area contributed by atoms with Gasteiger partial charge in [-0.25, -0.2) is 4.68 Å². The van der Waals surface area contributed by atoms with Gasteiger partial charge in [-0.3, -0.25) is 9.59 Å². The summed E-state index contributed by atoms with van der Waals surface area (Å²) in [4.78, 5) is 26.9. The van der Waals surface area contributed by atoms with Crippen LogP contribution < -0.4 is 15.8 Å². The maximum Gasteiger partial charge on any atom is 0.418 e. The number of hydrogen-bond donors (Lipinski definition) is 1. The van der Waals surface area contributed by atoms with E-state index in [0.29, 0.717) is 5.69 Å². The average molecular weight is 456 g/mol. The number of halogens is 3. The van der Waals surface area contributed by atoms with E-state index >= 15 is 0 Å². The highest BCUT2D eigenvalue weighted by molar-refractivity contribution is 5.91. The van der Waals surface area contributed by atoms with Crippen molar-refractivity contribution in [2.45, 2.75) is 32.0 Å². The minimum absolute atomic E-state index is 0.368. The van der Waals surface area contributed by atoms with Crippen LogP contribution in [-0.4, -0.2) is 28.8 Å². The summed E-state index contributed by atoms with van der Waals surface area (Å²) in [5.74, 6) is -0.779. The first-order valence-electron chi connectivity index (χ1n) is 10.7. The van der Waals surface area contributed by atoms with Crippen LogP contribution >= 0.6 is 0 Å². The second-order valence-electron chi connectivity index (χ2n) is 7.90. The summed E-state index contributed by atoms with van der Waals surface area (Å²) in [6, 6.07) is 15.3. The molecular formula is C24H23F3N4O2. The van der Waals surface area contributed by atoms with Crippen LogP contribution in [0.4, 0.5) is 24.5 Å². The molecule has 33 heavy (non-hydrogen) atoms. The third kappa shape index (κ3) is 5.42. The monoisotopic (exact) mass is 456 g/mol. The standard InChI is InChI=1S/C24H23F3N4O2/c25-24(26,27)19-6-2-3-7-21(19)28-22(32)16-31-23(33)13-12-20(29-31)17-8-10-18(11-9-17)30-14-4-1-5-15-30/h2-3,6-13H,1,4-5,14-16H2,(H,28,32). The molecular weight excluding hydrogens is 433 g/mol. The Kier molecular flexibility index (Phi) is 6.48. The number of para-hydroxylation sites is 1. The Morgan fingerprint density at radius 2 is 1.64 bits per heavy atom. The summed E-state index contributed by atoms with van der Waals surface area (Å²) < 4.78 is 40.4. The number of aromatic nitrogens is 2. The lowest BCUT2D eigenvalue weighted by molar-refractivity contribution is -0.137. The number of nitrogens with zero attached hydrogens (tertiary/aromatic N) is 3. The highest BCUT2D eigenvalue weighted by atomic mass is 19.4. The smallest absolute Gasteiger partial charge is 0.372 e. The average Bonchev–Trinajstić information content (AvgIpc) is 2.81. The molecule has 0 atom stereocenters. The molecule has 3 aromatic rings. The first kappa shape index (κ1) is 22.6. The number of nitrogens with one attached hydrogen (secondary N) is 1. The summed E-state index contributed by atoms with van der Waals surface area (Å²) in [6.07, 6.45) is -1.03. The number of rotatable bonds is 5. The third-order valence-electron chi connectivity index (χ3n) is 5.55. The zero-order chi connectivity index (χ0) is 23.4. The number of hydrogen-bond acceptors (Lipinski definition) is 4. The predicted molar refractivity (Wildman–Crippen MR) is 120 cm³/mol. The summed E-state index contributed by atoms with van der Waals surface area (Å²) in [7, 11) is 0. The lowest BCUT2D eigenvalue weighted by Gasteiger charge is -2.28. The van der Waals surface area contributed by atoms with E-state index in [1.807, 2.05) is 24.3 Å². The lowest BCUT2D eigenvalue weighted by Crippen LogP contribution is -2.30. The number of carbonyl (C=O) groups is 1. The van der Waals surface area contributed by atoms with Gasteiger partial charge in [0.25, 0.3) is 5.56 Å². The topological polar surface area (TPSA) is 67.2 Å². The molecule has 0 bridgehead atoms. The van der Waals surface area contributed by atoms with Crippen LogP contribution in [0.1, 0.15) is 24.8 Å². The van der Waals surface area contributed by atoms with Gasteiger partial charge in [0.05, 0.1) is 16.9 Å². The van der Waals surface area contributed by atoms with E-state index in [2.05, 4.69) is 15.3 Å². The van der Waals surface area contributed by atoms with E-state index < -0.39 is 29.8 Å². The van der Waals surface area contributed by atoms with Crippen LogP contribution in [0.3, 0.4) is 0 Å². The molecule has 1 N–H and O–H groups in total. The highest BCUT2D eigenvalue weighted by Crippen LogP contribution is 2.34. The molecule has 2 heterocycles. The fourth-order valence-corrected chi connectivity index (χ4v) is 3.88. The maximum atomic E-state index is 13.2. The number of alkyl halides is 3. The first-order valence-corrected chi connectivity index (χ1v) is 10.7. The predicted octanol–water partition coefficient (Wildman–Crippen LogP) is 4.56. The Bertz CT molecular complexity index is 1180. The largest absolute Gasteiger partial charge is 0.418 e. The SMILES string of the molecule is O=C(Cn1nc(-c2ccc(N3CCCCC3)cc2)ccc1=O)Nc1ccccc1C(F)(F)F. The van der Waals surface area contributed by atoms with E-state index in [-0.39, 0.29) is 5.69 Å². The zero-order valence-corrected chi connectivity index (χ0v) is 17.8. The van der Waals surface area contributed by atoms with Crippen LogP contribution in [0.15, 0.2) is 65.5 Å². The van der Waals surface area contributed by atoms with Crippen molar-refractivity contribution in [2.24, 2.45) is 0 Å². The fraction of sp³-hybridized carbons (Fsp3) is 0.292. The van der Waals surface area contributed by atoms with Crippen LogP contribution in [0.25, 0.3) is 11.3 Å². The molecule has 1 saturated heterocycles. The second-order valence-corrected chi connectivity index (χ2v) is 7.90. The van der Waals surface area contributed by atoms with Crippen molar-refractivity contribution >= 4 is 17.3 Å². The normalized spacial score (nSPS) is 14.2. The van der Waals surface area contributed by atoms with Gasteiger partial charge in [-0.15, -0.1) is 0 Å². The number of benzene rings is 2. The molecule has 1 aliphatic rings. The molecule has 0 spiro atoms. The van der Waals surface area contributed by atoms with Gasteiger partial charge >= 0.3 is 6.18 Å². The number of anilines is 2. The van der Waals surface area contributed by atoms with Crippen molar-refractivity contribution in [3.05, 3.63) is 76.6 Å². The molecule has 2 aromatic carbocycles. The van der Waals surface area contributed by atoms with Crippen LogP contribution in [0.2, 0.25) is 0 Å². The van der Waals surface area contributed by atoms with Crippen molar-refractivity contribution in [1.29, 1.82) is 0 Å². The van der Waals surface area contributed by atoms with Crippen LogP contribution in [0.5, 0.6) is 0 Å². The Hall–Kier alpha value is -3.62. The fourth-order valence-electron chi connectivity index (χ4n) is 3.88. The molecule has 0 aliphatic carbocycles. The number of piperidine rings is 1. The van der Waals surface area contributed by atoms with E-state index in [4.69, 9.17) is 0 Å². The van der Waals surface area contributed by atoms with E-state index in [9.17, 15) is 22.8 Å². The quantitative estimate of drug-likeness (QED) is 0.611. The first-order chi connectivity index (χ1) is 15.8. The second kappa shape index (κ2) is 9.48. The molecule has 1 fully saturated rings. The highest BCUT2D eigenvalue weighted by Gasteiger charge is 2.33. The maximum absolute atomic E-state index is 13.2. The van der Waals surface area contributed by atoms with E-state index in [0.717, 1.165) is 41.2 Å². The molecule has 6 nitrogen and oxygen atoms in total. The Morgan fingerprint density at radius 3 is 2.33 bits per heavy atom. The summed E-state index contributed by atoms with van der Waals surface area (Å²) in [6.45, 7) is 1.54. The summed E-state index contributed by atoms with van der Waals surface area (Å²) >= 11 is 0. The van der Waals surface area contributed by atoms with Crippen molar-refractivity contribution in [3.8, 4) is 11.3 Å². The zero-order valence-electron chi connectivity index (χ0n) is 17.8. The van der Waals surface area contributed by atoms with Gasteiger partial charge in [0.15, 0.2) is 0 Å². The molecule has 1 amide bonds. The molecule has 9 heteroatoms. The minimum atomic E-state index is -4.61. The van der Waals surface area contributed by atoms with Gasteiger partial charge in [-0.05, 0) is 49.6 Å². The van der Waals surface area contributed by atoms with Crippen molar-refractivity contribution < 1.29 is 18.0 Å². The van der Waals surface area contributed by atoms with Gasteiger partial charge in [0, 0.05) is 30.4 Å². The molecule has 4 rings (SSSR count). The lowest BCUT2D eigenvalue weighted by atomic mass is 10.1. The van der Waals surface area contributed by atoms with Gasteiger partial charge < -0.3 is 10.2 Å². The van der Waals surface area contributed by atoms with Gasteiger partial charge in [-0.2, -0.15) is 18.3 Å². The van der Waals surface area contributed by atoms with E-state index in [1.54, 1.807) is 6.07 Å². The van der Waals surface area contributed by atoms with E-state index in [1.165, 1.54) is 37.5 Å². The Balaban J connectivity index is 1.50. The molecule has 172 valence electrons. The summed E-state index contributed by atoms with van der Waals surface area (Å²) in [5, 5.41) is 6.48. The van der Waals surface area contributed by atoms with Gasteiger partial charge in [0.1, 0.15) is 6.54 Å². The molecule has 0 radical (unpaired) electrons. The van der Waals surface area contributed by atoms with Crippen molar-refractivity contribution in [1.82, 2.24) is 9.78 Å². The number of amides is 1. The van der Waals surface area contributed by atoms with Crippen molar-refractivity contribution in [3.63, 3.8) is 0 Å². The molecule has 1 aliphatic heterocycles. The number of carbonyl (C=O) groups excluding carboxylic acids is 1. The third-order valence-corrected chi connectivity index (χ3v) is 5.55. The van der Waals surface area contributed by atoms with Gasteiger partial charge in [-0.1, -0.05) is 24.3 Å².